The molecule has 0 aliphatic heterocycles. The summed E-state index contributed by atoms with van der Waals surface area (Å²) in [5.41, 5.74) is 8.26. The number of rotatable bonds is 11. The minimum absolute atomic E-state index is 0.0104. The van der Waals surface area contributed by atoms with Crippen LogP contribution >= 0.6 is 0 Å². The van der Waals surface area contributed by atoms with Crippen molar-refractivity contribution in [2.45, 2.75) is 71.2 Å². The molecule has 2 aromatic heterocycles. The van der Waals surface area contributed by atoms with E-state index in [0.717, 1.165) is 27.8 Å². The minimum atomic E-state index is -3.86. The summed E-state index contributed by atoms with van der Waals surface area (Å²) in [6, 6.07) is 27.2. The Morgan fingerprint density at radius 1 is 0.712 bits per heavy atom. The maximum Gasteiger partial charge on any atom is 0.270 e. The topological polar surface area (TPSA) is 125 Å². The van der Waals surface area contributed by atoms with Gasteiger partial charge in [-0.1, -0.05) is 90.1 Å². The molecule has 268 valence electrons. The quantitative estimate of drug-likeness (QED) is 0.105. The van der Waals surface area contributed by atoms with Crippen LogP contribution in [-0.2, 0) is 39.7 Å². The highest BCUT2D eigenvalue weighted by atomic mass is 32.2. The van der Waals surface area contributed by atoms with Gasteiger partial charge in [0.1, 0.15) is 5.75 Å². The monoisotopic (exact) mass is 716 g/mol. The van der Waals surface area contributed by atoms with Gasteiger partial charge in [0, 0.05) is 49.5 Å². The number of nitrogens with zero attached hydrogens (tertiary/aromatic N) is 5. The van der Waals surface area contributed by atoms with Crippen molar-refractivity contribution in [3.63, 3.8) is 0 Å². The van der Waals surface area contributed by atoms with Crippen LogP contribution in [0.1, 0.15) is 69.5 Å². The molecule has 0 aliphatic rings. The summed E-state index contributed by atoms with van der Waals surface area (Å²) < 4.78 is 33.5. The number of imidazole rings is 2. The van der Waals surface area contributed by atoms with E-state index < -0.39 is 14.9 Å². The zero-order valence-corrected chi connectivity index (χ0v) is 31.2. The summed E-state index contributed by atoms with van der Waals surface area (Å²) in [7, 11) is -3.86. The summed E-state index contributed by atoms with van der Waals surface area (Å²) in [4.78, 5) is 20.0. The summed E-state index contributed by atoms with van der Waals surface area (Å²) in [6.45, 7) is 13.7. The fourth-order valence-electron chi connectivity index (χ4n) is 6.15. The molecule has 2 heterocycles. The molecule has 10 nitrogen and oxygen atoms in total. The zero-order chi connectivity index (χ0) is 37.3. The van der Waals surface area contributed by atoms with E-state index in [2.05, 4.69) is 86.6 Å². The number of benzene rings is 4. The zero-order valence-electron chi connectivity index (χ0n) is 30.4. The lowest BCUT2D eigenvalue weighted by atomic mass is 9.86. The number of hydrogen-bond donors (Lipinski definition) is 1. The van der Waals surface area contributed by atoms with Crippen molar-refractivity contribution in [2.24, 2.45) is 0 Å². The van der Waals surface area contributed by atoms with Crippen LogP contribution in [0.3, 0.4) is 0 Å². The standard InChI is InChI=1S/C41H44N6O4S/c1-40(2,3)35-11-7-31(8-12-35)33-17-29(23-45-16-15-42-27-45)19-37(21-33)44-52(50,51)26-38-25-46(28-43-38)24-30-18-34(22-39(20-30)47(48)49)32-9-13-36(14-10-32)41(4,5)6/h7-22,25,27-28,44H,23-24,26H2,1-6H3. The van der Waals surface area contributed by atoms with Gasteiger partial charge in [-0.15, -0.1) is 0 Å². The lowest BCUT2D eigenvalue weighted by molar-refractivity contribution is -0.384. The van der Waals surface area contributed by atoms with Crippen molar-refractivity contribution in [3.05, 3.63) is 154 Å². The lowest BCUT2D eigenvalue weighted by Crippen LogP contribution is -2.15. The predicted molar refractivity (Wildman–Crippen MR) is 207 cm³/mol. The van der Waals surface area contributed by atoms with Gasteiger partial charge in [0.25, 0.3) is 5.69 Å². The van der Waals surface area contributed by atoms with Gasteiger partial charge in [0.05, 0.1) is 23.3 Å². The molecular weight excluding hydrogens is 673 g/mol. The van der Waals surface area contributed by atoms with Crippen molar-refractivity contribution in [3.8, 4) is 22.3 Å². The fraction of sp³-hybridized carbons (Fsp3) is 0.268. The minimum Gasteiger partial charge on any atom is -0.333 e. The summed E-state index contributed by atoms with van der Waals surface area (Å²) in [6.07, 6.45) is 8.51. The molecule has 52 heavy (non-hydrogen) atoms. The number of aromatic nitrogens is 4. The molecular formula is C41H44N6O4S. The molecule has 11 heteroatoms. The number of hydrogen-bond acceptors (Lipinski definition) is 6. The third kappa shape index (κ3) is 9.02. The van der Waals surface area contributed by atoms with E-state index in [1.165, 1.54) is 17.2 Å². The van der Waals surface area contributed by atoms with Crippen LogP contribution in [0.4, 0.5) is 11.4 Å². The molecule has 0 saturated carbocycles. The number of nitrogens with one attached hydrogen (secondary N) is 1. The maximum atomic E-state index is 13.5. The van der Waals surface area contributed by atoms with Crippen LogP contribution in [-0.4, -0.2) is 32.4 Å². The maximum absolute atomic E-state index is 13.5. The second-order valence-corrected chi connectivity index (χ2v) is 17.1. The third-order valence-electron chi connectivity index (χ3n) is 8.94. The highest BCUT2D eigenvalue weighted by Gasteiger charge is 2.19. The number of nitro benzene ring substituents is 1. The molecule has 0 spiro atoms. The molecule has 0 saturated heterocycles. The Kier molecular flexibility index (Phi) is 9.92. The van der Waals surface area contributed by atoms with Crippen LogP contribution in [0.5, 0.6) is 0 Å². The molecule has 6 rings (SSSR count). The van der Waals surface area contributed by atoms with E-state index in [-0.39, 0.29) is 28.8 Å². The number of sulfonamides is 1. The Morgan fingerprint density at radius 2 is 1.27 bits per heavy atom. The number of non-ortho nitro benzene ring substituents is 1. The molecule has 0 amide bonds. The Hall–Kier alpha value is -5.55. The highest BCUT2D eigenvalue weighted by Crippen LogP contribution is 2.31. The van der Waals surface area contributed by atoms with Crippen LogP contribution in [0.2, 0.25) is 0 Å². The van der Waals surface area contributed by atoms with Gasteiger partial charge in [-0.25, -0.2) is 18.4 Å². The Balaban J connectivity index is 1.21. The third-order valence-corrected chi connectivity index (χ3v) is 10.2. The molecule has 6 aromatic rings. The first-order chi connectivity index (χ1) is 24.5. The van der Waals surface area contributed by atoms with Gasteiger partial charge in [-0.05, 0) is 79.6 Å². The SMILES string of the molecule is CC(C)(C)c1ccc(-c2cc(Cn3ccnc3)cc(NS(=O)(=O)Cc3cn(Cc4cc(-c5ccc(C(C)(C)C)cc5)cc([N+](=O)[O-])c4)cn3)c2)cc1. The largest absolute Gasteiger partial charge is 0.333 e. The van der Waals surface area contributed by atoms with Gasteiger partial charge >= 0.3 is 0 Å². The fourth-order valence-corrected chi connectivity index (χ4v) is 7.24. The Bertz CT molecular complexity index is 2300. The molecule has 0 aliphatic carbocycles. The summed E-state index contributed by atoms with van der Waals surface area (Å²) in [5.74, 6) is -0.346. The second kappa shape index (κ2) is 14.2. The molecule has 0 unspecified atom stereocenters. The number of anilines is 1. The summed E-state index contributed by atoms with van der Waals surface area (Å²) in [5, 5.41) is 11.8. The number of nitro groups is 1. The smallest absolute Gasteiger partial charge is 0.270 e. The van der Waals surface area contributed by atoms with E-state index in [1.807, 2.05) is 53.2 Å². The average Bonchev–Trinajstić information content (AvgIpc) is 3.75. The van der Waals surface area contributed by atoms with Gasteiger partial charge in [0.2, 0.25) is 10.0 Å². The molecule has 0 bridgehead atoms. The van der Waals surface area contributed by atoms with Crippen molar-refractivity contribution in [1.82, 2.24) is 19.1 Å². The van der Waals surface area contributed by atoms with Crippen LogP contribution in [0, 0.1) is 10.1 Å². The first-order valence-corrected chi connectivity index (χ1v) is 18.8. The van der Waals surface area contributed by atoms with E-state index >= 15 is 0 Å². The van der Waals surface area contributed by atoms with Gasteiger partial charge in [-0.3, -0.25) is 14.8 Å². The van der Waals surface area contributed by atoms with Gasteiger partial charge < -0.3 is 9.13 Å². The van der Waals surface area contributed by atoms with E-state index in [1.54, 1.807) is 35.7 Å². The van der Waals surface area contributed by atoms with Crippen molar-refractivity contribution < 1.29 is 13.3 Å². The first kappa shape index (κ1) is 36.2. The average molecular weight is 717 g/mol. The molecule has 1 N–H and O–H groups in total. The van der Waals surface area contributed by atoms with Crippen molar-refractivity contribution in [2.75, 3.05) is 4.72 Å². The lowest BCUT2D eigenvalue weighted by Gasteiger charge is -2.19. The Morgan fingerprint density at radius 3 is 1.81 bits per heavy atom. The van der Waals surface area contributed by atoms with E-state index in [9.17, 15) is 18.5 Å². The first-order valence-electron chi connectivity index (χ1n) is 17.1. The second-order valence-electron chi connectivity index (χ2n) is 15.4. The highest BCUT2D eigenvalue weighted by molar-refractivity contribution is 7.91. The van der Waals surface area contributed by atoms with E-state index in [4.69, 9.17) is 0 Å². The predicted octanol–water partition coefficient (Wildman–Crippen LogP) is 8.96. The van der Waals surface area contributed by atoms with Crippen molar-refractivity contribution in [1.29, 1.82) is 0 Å². The summed E-state index contributed by atoms with van der Waals surface area (Å²) >= 11 is 0. The van der Waals surface area contributed by atoms with Gasteiger partial charge in [-0.2, -0.15) is 0 Å². The van der Waals surface area contributed by atoms with Gasteiger partial charge in [0.15, 0.2) is 0 Å². The molecule has 0 radical (unpaired) electrons. The van der Waals surface area contributed by atoms with E-state index in [0.29, 0.717) is 23.5 Å². The molecule has 0 atom stereocenters. The van der Waals surface area contributed by atoms with Crippen LogP contribution in [0.25, 0.3) is 22.3 Å². The molecule has 0 fully saturated rings. The van der Waals surface area contributed by atoms with Crippen LogP contribution < -0.4 is 4.72 Å². The van der Waals surface area contributed by atoms with Crippen LogP contribution in [0.15, 0.2) is 116 Å². The Labute approximate surface area is 305 Å². The van der Waals surface area contributed by atoms with Crippen molar-refractivity contribution >= 4 is 21.4 Å². The normalized spacial score (nSPS) is 12.2. The molecule has 4 aromatic carbocycles.